The zero-order valence-electron chi connectivity index (χ0n) is 12.8. The number of hydrogen-bond donors (Lipinski definition) is 2. The second kappa shape index (κ2) is 7.29. The highest BCUT2D eigenvalue weighted by Gasteiger charge is 2.24. The summed E-state index contributed by atoms with van der Waals surface area (Å²) in [6.07, 6.45) is 0. The lowest BCUT2D eigenvalue weighted by atomic mass is 10.3. The molecule has 2 heterocycles. The Morgan fingerprint density at radius 1 is 1.22 bits per heavy atom. The highest BCUT2D eigenvalue weighted by Crippen LogP contribution is 2.19. The van der Waals surface area contributed by atoms with Crippen molar-refractivity contribution in [3.63, 3.8) is 0 Å². The minimum absolute atomic E-state index is 0.0864. The number of piperazine rings is 1. The van der Waals surface area contributed by atoms with Gasteiger partial charge in [-0.1, -0.05) is 11.3 Å². The van der Waals surface area contributed by atoms with Crippen LogP contribution in [-0.4, -0.2) is 80.0 Å². The summed E-state index contributed by atoms with van der Waals surface area (Å²) in [7, 11) is -1.97. The van der Waals surface area contributed by atoms with Crippen LogP contribution in [0, 0.1) is 0 Å². The van der Waals surface area contributed by atoms with Gasteiger partial charge in [-0.05, 0) is 7.05 Å². The minimum atomic E-state index is -3.93. The van der Waals surface area contributed by atoms with E-state index < -0.39 is 10.0 Å². The maximum Gasteiger partial charge on any atom is 0.270 e. The van der Waals surface area contributed by atoms with E-state index in [9.17, 15) is 18.0 Å². The molecule has 0 aromatic carbocycles. The Labute approximate surface area is 137 Å². The highest BCUT2D eigenvalue weighted by molar-refractivity contribution is 7.91. The van der Waals surface area contributed by atoms with Gasteiger partial charge in [-0.3, -0.25) is 9.59 Å². The monoisotopic (exact) mass is 362 g/mol. The summed E-state index contributed by atoms with van der Waals surface area (Å²) in [6, 6.07) is 0. The number of carbonyl (C=O) groups is 2. The third kappa shape index (κ3) is 4.92. The standard InChI is InChI=1S/C11H18N6O4S2/c1-8(18)13-10-14-15-11(22-10)23(20,21)12-7-9(19)17-5-3-16(2)4-6-17/h12H,3-7H2,1-2H3,(H,13,14,18). The molecule has 1 saturated heterocycles. The molecule has 2 N–H and O–H groups in total. The van der Waals surface area contributed by atoms with Crippen LogP contribution in [0.15, 0.2) is 4.34 Å². The van der Waals surface area contributed by atoms with Gasteiger partial charge in [-0.25, -0.2) is 8.42 Å². The second-order valence-corrected chi connectivity index (χ2v) is 7.98. The first-order valence-electron chi connectivity index (χ1n) is 6.85. The number of hydrogen-bond acceptors (Lipinski definition) is 8. The molecule has 0 bridgehead atoms. The molecular weight excluding hydrogens is 344 g/mol. The Kier molecular flexibility index (Phi) is 5.62. The van der Waals surface area contributed by atoms with Crippen LogP contribution < -0.4 is 10.0 Å². The lowest BCUT2D eigenvalue weighted by Crippen LogP contribution is -2.50. The first-order chi connectivity index (χ1) is 10.8. The Morgan fingerprint density at radius 2 is 1.87 bits per heavy atom. The topological polar surface area (TPSA) is 125 Å². The average Bonchev–Trinajstić information content (AvgIpc) is 2.94. The van der Waals surface area contributed by atoms with E-state index in [0.717, 1.165) is 24.4 Å². The van der Waals surface area contributed by atoms with E-state index in [1.54, 1.807) is 4.90 Å². The zero-order valence-corrected chi connectivity index (χ0v) is 14.4. The summed E-state index contributed by atoms with van der Waals surface area (Å²) in [6.45, 7) is 3.61. The van der Waals surface area contributed by atoms with Crippen molar-refractivity contribution < 1.29 is 18.0 Å². The second-order valence-electron chi connectivity index (χ2n) is 5.06. The maximum atomic E-state index is 12.1. The van der Waals surface area contributed by atoms with Gasteiger partial charge in [0.2, 0.25) is 21.3 Å². The first kappa shape index (κ1) is 17.7. The van der Waals surface area contributed by atoms with Gasteiger partial charge >= 0.3 is 0 Å². The van der Waals surface area contributed by atoms with Gasteiger partial charge in [0.1, 0.15) is 0 Å². The lowest BCUT2D eigenvalue weighted by molar-refractivity contribution is -0.131. The zero-order chi connectivity index (χ0) is 17.0. The summed E-state index contributed by atoms with van der Waals surface area (Å²) >= 11 is 0.719. The van der Waals surface area contributed by atoms with E-state index in [1.165, 1.54) is 6.92 Å². The van der Waals surface area contributed by atoms with Crippen molar-refractivity contribution in [1.29, 1.82) is 0 Å². The molecular formula is C11H18N6O4S2. The third-order valence-corrected chi connectivity index (χ3v) is 5.80. The van der Waals surface area contributed by atoms with Crippen molar-refractivity contribution >= 4 is 38.3 Å². The quantitative estimate of drug-likeness (QED) is 0.614. The molecule has 0 atom stereocenters. The number of anilines is 1. The Morgan fingerprint density at radius 3 is 2.48 bits per heavy atom. The smallest absolute Gasteiger partial charge is 0.270 e. The van der Waals surface area contributed by atoms with Crippen LogP contribution in [-0.2, 0) is 19.6 Å². The molecule has 0 spiro atoms. The van der Waals surface area contributed by atoms with Gasteiger partial charge in [0.05, 0.1) is 6.54 Å². The fraction of sp³-hybridized carbons (Fsp3) is 0.636. The number of sulfonamides is 1. The van der Waals surface area contributed by atoms with Crippen LogP contribution in [0.3, 0.4) is 0 Å². The average molecular weight is 362 g/mol. The van der Waals surface area contributed by atoms with Gasteiger partial charge in [0.15, 0.2) is 0 Å². The fourth-order valence-corrected chi connectivity index (χ4v) is 3.87. The molecule has 0 radical (unpaired) electrons. The van der Waals surface area contributed by atoms with Crippen LogP contribution in [0.4, 0.5) is 5.13 Å². The molecule has 2 amide bonds. The SMILES string of the molecule is CC(=O)Nc1nnc(S(=O)(=O)NCC(=O)N2CCN(C)CC2)s1. The fourth-order valence-electron chi connectivity index (χ4n) is 1.91. The van der Waals surface area contributed by atoms with Crippen LogP contribution in [0.1, 0.15) is 6.92 Å². The first-order valence-corrected chi connectivity index (χ1v) is 9.15. The molecule has 1 aromatic heterocycles. The largest absolute Gasteiger partial charge is 0.339 e. The molecule has 0 aliphatic carbocycles. The lowest BCUT2D eigenvalue weighted by Gasteiger charge is -2.32. The van der Waals surface area contributed by atoms with E-state index in [-0.39, 0.29) is 27.8 Å². The van der Waals surface area contributed by atoms with Gasteiger partial charge in [0.25, 0.3) is 10.0 Å². The van der Waals surface area contributed by atoms with E-state index in [4.69, 9.17) is 0 Å². The van der Waals surface area contributed by atoms with Crippen molar-refractivity contribution in [3.8, 4) is 0 Å². The van der Waals surface area contributed by atoms with E-state index in [0.29, 0.717) is 13.1 Å². The number of nitrogens with one attached hydrogen (secondary N) is 2. The molecule has 128 valence electrons. The number of nitrogens with zero attached hydrogens (tertiary/aromatic N) is 4. The maximum absolute atomic E-state index is 12.1. The van der Waals surface area contributed by atoms with Crippen molar-refractivity contribution in [3.05, 3.63) is 0 Å². The Hall–Kier alpha value is -1.63. The van der Waals surface area contributed by atoms with Gasteiger partial charge in [-0.2, -0.15) is 4.72 Å². The predicted molar refractivity (Wildman–Crippen MR) is 83.5 cm³/mol. The molecule has 1 aliphatic heterocycles. The summed E-state index contributed by atoms with van der Waals surface area (Å²) in [5.74, 6) is -0.656. The summed E-state index contributed by atoms with van der Waals surface area (Å²) < 4.78 is 26.1. The van der Waals surface area contributed by atoms with Crippen molar-refractivity contribution in [1.82, 2.24) is 24.7 Å². The highest BCUT2D eigenvalue weighted by atomic mass is 32.2. The minimum Gasteiger partial charge on any atom is -0.339 e. The number of rotatable bonds is 5. The predicted octanol–water partition coefficient (Wildman–Crippen LogP) is -1.45. The molecule has 23 heavy (non-hydrogen) atoms. The number of amides is 2. The molecule has 1 fully saturated rings. The molecule has 2 rings (SSSR count). The molecule has 10 nitrogen and oxygen atoms in total. The van der Waals surface area contributed by atoms with Crippen LogP contribution in [0.25, 0.3) is 0 Å². The molecule has 1 aliphatic rings. The summed E-state index contributed by atoms with van der Waals surface area (Å²) in [5, 5.41) is 9.52. The molecule has 12 heteroatoms. The Balaban J connectivity index is 1.92. The van der Waals surface area contributed by atoms with Crippen molar-refractivity contribution in [2.75, 3.05) is 45.1 Å². The summed E-state index contributed by atoms with van der Waals surface area (Å²) in [4.78, 5) is 26.6. The van der Waals surface area contributed by atoms with Gasteiger partial charge < -0.3 is 15.1 Å². The van der Waals surface area contributed by atoms with Crippen LogP contribution in [0.2, 0.25) is 0 Å². The van der Waals surface area contributed by atoms with Crippen LogP contribution in [0.5, 0.6) is 0 Å². The number of aromatic nitrogens is 2. The Bertz CT molecular complexity index is 680. The van der Waals surface area contributed by atoms with Crippen molar-refractivity contribution in [2.24, 2.45) is 0 Å². The van der Waals surface area contributed by atoms with E-state index in [2.05, 4.69) is 25.1 Å². The molecule has 0 unspecified atom stereocenters. The van der Waals surface area contributed by atoms with Crippen LogP contribution >= 0.6 is 11.3 Å². The van der Waals surface area contributed by atoms with Crippen molar-refractivity contribution in [2.45, 2.75) is 11.3 Å². The normalized spacial score (nSPS) is 16.3. The van der Waals surface area contributed by atoms with Gasteiger partial charge in [0, 0.05) is 33.1 Å². The van der Waals surface area contributed by atoms with E-state index >= 15 is 0 Å². The number of likely N-dealkylation sites (N-methyl/N-ethyl adjacent to an activating group) is 1. The number of carbonyl (C=O) groups excluding carboxylic acids is 2. The van der Waals surface area contributed by atoms with E-state index in [1.807, 2.05) is 7.05 Å². The van der Waals surface area contributed by atoms with Gasteiger partial charge in [-0.15, -0.1) is 10.2 Å². The third-order valence-electron chi connectivity index (χ3n) is 3.19. The molecule has 0 saturated carbocycles. The summed E-state index contributed by atoms with van der Waals surface area (Å²) in [5.41, 5.74) is 0. The molecule has 1 aromatic rings.